The topological polar surface area (TPSA) is 79.1 Å². The van der Waals surface area contributed by atoms with E-state index in [2.05, 4.69) is 16.8 Å². The molecule has 86 valence electrons. The number of carboxylic acids is 1. The Morgan fingerprint density at radius 2 is 2.00 bits per heavy atom. The van der Waals surface area contributed by atoms with E-state index < -0.39 is 11.9 Å². The molecule has 1 amide bonds. The molecule has 0 aromatic heterocycles. The maximum Gasteiger partial charge on any atom is 0.328 e. The van der Waals surface area contributed by atoms with Crippen molar-refractivity contribution < 1.29 is 14.7 Å². The van der Waals surface area contributed by atoms with Gasteiger partial charge in [0.25, 0.3) is 5.91 Å². The lowest BCUT2D eigenvalue weighted by Crippen LogP contribution is -1.86. The number of nitrogens with zero attached hydrogens (tertiary/aromatic N) is 2. The van der Waals surface area contributed by atoms with Crippen molar-refractivity contribution in [2.24, 2.45) is 10.2 Å². The van der Waals surface area contributed by atoms with E-state index in [0.29, 0.717) is 11.3 Å². The zero-order valence-electron chi connectivity index (χ0n) is 8.91. The third kappa shape index (κ3) is 4.21. The van der Waals surface area contributed by atoms with Crippen molar-refractivity contribution in [1.82, 2.24) is 0 Å². The van der Waals surface area contributed by atoms with E-state index in [9.17, 15) is 9.59 Å². The number of amides is 1. The molecule has 0 heterocycles. The summed E-state index contributed by atoms with van der Waals surface area (Å²) in [6, 6.07) is 6.74. The molecule has 0 aliphatic heterocycles. The van der Waals surface area contributed by atoms with Crippen molar-refractivity contribution in [2.75, 3.05) is 0 Å². The molecule has 0 radical (unpaired) electrons. The van der Waals surface area contributed by atoms with Gasteiger partial charge in [0.2, 0.25) is 0 Å². The molecule has 5 nitrogen and oxygen atoms in total. The first-order valence-electron chi connectivity index (χ1n) is 4.71. The molecule has 0 atom stereocenters. The lowest BCUT2D eigenvalue weighted by Gasteiger charge is -1.97. The number of azo groups is 1. The number of carbonyl (C=O) groups excluding carboxylic acids is 1. The van der Waals surface area contributed by atoms with Crippen LogP contribution in [0.2, 0.25) is 0 Å². The summed E-state index contributed by atoms with van der Waals surface area (Å²) in [6.45, 7) is 3.26. The molecular formula is C12H10N2O3. The number of carboxylic acid groups (broad SMARTS) is 1. The van der Waals surface area contributed by atoms with Gasteiger partial charge < -0.3 is 5.11 Å². The summed E-state index contributed by atoms with van der Waals surface area (Å²) in [5.41, 5.74) is 0.982. The standard InChI is InChI=1S/C12H10N2O3/c1-2-11(15)14-13-10-6-4-3-5-9(10)7-8-12(16)17/h2-8H,1H2,(H,16,17). The molecule has 0 aliphatic carbocycles. The van der Waals surface area contributed by atoms with Gasteiger partial charge in [-0.05, 0) is 18.2 Å². The van der Waals surface area contributed by atoms with Crippen molar-refractivity contribution in [3.8, 4) is 0 Å². The van der Waals surface area contributed by atoms with Crippen LogP contribution in [0.4, 0.5) is 5.69 Å². The minimum Gasteiger partial charge on any atom is -0.478 e. The Balaban J connectivity index is 2.99. The van der Waals surface area contributed by atoms with Crippen LogP contribution in [0.15, 0.2) is 53.2 Å². The third-order valence-electron chi connectivity index (χ3n) is 1.77. The number of hydrogen-bond donors (Lipinski definition) is 1. The fourth-order valence-corrected chi connectivity index (χ4v) is 1.02. The van der Waals surface area contributed by atoms with Crippen molar-refractivity contribution in [2.45, 2.75) is 0 Å². The van der Waals surface area contributed by atoms with Gasteiger partial charge in [0, 0.05) is 11.6 Å². The van der Waals surface area contributed by atoms with Gasteiger partial charge in [-0.1, -0.05) is 24.8 Å². The van der Waals surface area contributed by atoms with Crippen LogP contribution in [0.25, 0.3) is 6.08 Å². The van der Waals surface area contributed by atoms with Crippen molar-refractivity contribution in [3.05, 3.63) is 48.6 Å². The molecule has 17 heavy (non-hydrogen) atoms. The van der Waals surface area contributed by atoms with Gasteiger partial charge >= 0.3 is 5.97 Å². The average Bonchev–Trinajstić information content (AvgIpc) is 2.34. The Bertz CT molecular complexity index is 504. The Morgan fingerprint density at radius 3 is 2.65 bits per heavy atom. The van der Waals surface area contributed by atoms with Crippen molar-refractivity contribution in [1.29, 1.82) is 0 Å². The lowest BCUT2D eigenvalue weighted by molar-refractivity contribution is -0.131. The second-order valence-corrected chi connectivity index (χ2v) is 2.97. The monoisotopic (exact) mass is 230 g/mol. The van der Waals surface area contributed by atoms with Gasteiger partial charge in [0.05, 0.1) is 5.69 Å². The van der Waals surface area contributed by atoms with Crippen LogP contribution in [0.1, 0.15) is 5.56 Å². The maximum atomic E-state index is 10.9. The fraction of sp³-hybridized carbons (Fsp3) is 0. The number of benzene rings is 1. The third-order valence-corrected chi connectivity index (χ3v) is 1.77. The first kappa shape index (κ1) is 12.5. The van der Waals surface area contributed by atoms with Gasteiger partial charge in [-0.3, -0.25) is 4.79 Å². The van der Waals surface area contributed by atoms with Crippen LogP contribution < -0.4 is 0 Å². The first-order chi connectivity index (χ1) is 8.13. The van der Waals surface area contributed by atoms with E-state index in [-0.39, 0.29) is 0 Å². The molecule has 0 unspecified atom stereocenters. The molecule has 0 saturated carbocycles. The predicted molar refractivity (Wildman–Crippen MR) is 62.8 cm³/mol. The molecule has 0 fully saturated rings. The molecule has 5 heteroatoms. The zero-order valence-corrected chi connectivity index (χ0v) is 8.91. The fourth-order valence-electron chi connectivity index (χ4n) is 1.02. The van der Waals surface area contributed by atoms with Gasteiger partial charge in [-0.2, -0.15) is 0 Å². The molecule has 1 N–H and O–H groups in total. The summed E-state index contributed by atoms with van der Waals surface area (Å²) >= 11 is 0. The highest BCUT2D eigenvalue weighted by molar-refractivity contribution is 5.88. The molecule has 1 aromatic rings. The van der Waals surface area contributed by atoms with E-state index in [0.717, 1.165) is 12.2 Å². The summed E-state index contributed by atoms with van der Waals surface area (Å²) in [7, 11) is 0. The Hall–Kier alpha value is -2.56. The molecule has 1 aromatic carbocycles. The molecule has 0 bridgehead atoms. The molecule has 1 rings (SSSR count). The van der Waals surface area contributed by atoms with Gasteiger partial charge in [0.1, 0.15) is 0 Å². The van der Waals surface area contributed by atoms with Crippen molar-refractivity contribution >= 4 is 23.6 Å². The molecule has 0 aliphatic rings. The highest BCUT2D eigenvalue weighted by Gasteiger charge is 1.98. The van der Waals surface area contributed by atoms with Crippen LogP contribution in [0.3, 0.4) is 0 Å². The van der Waals surface area contributed by atoms with Gasteiger partial charge in [-0.15, -0.1) is 10.2 Å². The second kappa shape index (κ2) is 6.12. The van der Waals surface area contributed by atoms with E-state index in [4.69, 9.17) is 5.11 Å². The SMILES string of the molecule is C=CC(=O)N=Nc1ccccc1C=CC(=O)O. The largest absolute Gasteiger partial charge is 0.478 e. The average molecular weight is 230 g/mol. The zero-order chi connectivity index (χ0) is 12.7. The van der Waals surface area contributed by atoms with Crippen LogP contribution in [-0.4, -0.2) is 17.0 Å². The minimum atomic E-state index is -1.06. The van der Waals surface area contributed by atoms with Crippen molar-refractivity contribution in [3.63, 3.8) is 0 Å². The Labute approximate surface area is 97.8 Å². The molecule has 0 saturated heterocycles. The predicted octanol–water partition coefficient (Wildman–Crippen LogP) is 2.58. The van der Waals surface area contributed by atoms with Crippen LogP contribution in [0.5, 0.6) is 0 Å². The van der Waals surface area contributed by atoms with Gasteiger partial charge in [0.15, 0.2) is 0 Å². The van der Waals surface area contributed by atoms with Crippen LogP contribution in [-0.2, 0) is 9.59 Å². The summed E-state index contributed by atoms with van der Waals surface area (Å²) in [5, 5.41) is 15.6. The highest BCUT2D eigenvalue weighted by Crippen LogP contribution is 2.20. The lowest BCUT2D eigenvalue weighted by atomic mass is 10.1. The quantitative estimate of drug-likeness (QED) is 0.637. The smallest absolute Gasteiger partial charge is 0.328 e. The van der Waals surface area contributed by atoms with E-state index in [1.54, 1.807) is 24.3 Å². The van der Waals surface area contributed by atoms with E-state index in [1.165, 1.54) is 6.08 Å². The maximum absolute atomic E-state index is 10.9. The normalized spacial score (nSPS) is 10.8. The first-order valence-corrected chi connectivity index (χ1v) is 4.71. The highest BCUT2D eigenvalue weighted by atomic mass is 16.4. The molecule has 0 spiro atoms. The van der Waals surface area contributed by atoms with E-state index >= 15 is 0 Å². The number of hydrogen-bond acceptors (Lipinski definition) is 3. The van der Waals surface area contributed by atoms with E-state index in [1.807, 2.05) is 0 Å². The number of carbonyl (C=O) groups is 2. The summed E-state index contributed by atoms with van der Waals surface area (Å²) in [4.78, 5) is 21.3. The summed E-state index contributed by atoms with van der Waals surface area (Å²) < 4.78 is 0. The summed E-state index contributed by atoms with van der Waals surface area (Å²) in [5.74, 6) is -1.61. The number of rotatable bonds is 4. The Morgan fingerprint density at radius 1 is 1.29 bits per heavy atom. The summed E-state index contributed by atoms with van der Waals surface area (Å²) in [6.07, 6.45) is 3.41. The van der Waals surface area contributed by atoms with Gasteiger partial charge in [-0.25, -0.2) is 4.79 Å². The van der Waals surface area contributed by atoms with Crippen LogP contribution in [0, 0.1) is 0 Å². The second-order valence-electron chi connectivity index (χ2n) is 2.97. The van der Waals surface area contributed by atoms with Crippen LogP contribution >= 0.6 is 0 Å². The number of aliphatic carboxylic acids is 1. The molecular weight excluding hydrogens is 220 g/mol. The minimum absolute atomic E-state index is 0.417. The Kier molecular flexibility index (Phi) is 4.50.